The van der Waals surface area contributed by atoms with E-state index in [0.717, 1.165) is 16.9 Å². The lowest BCUT2D eigenvalue weighted by Crippen LogP contribution is -1.96. The molecular formula is C13H14N2O. The summed E-state index contributed by atoms with van der Waals surface area (Å²) in [5.74, 6) is 6.88. The fourth-order valence-corrected chi connectivity index (χ4v) is 1.64. The van der Waals surface area contributed by atoms with Gasteiger partial charge in [0.1, 0.15) is 5.82 Å². The second-order valence-electron chi connectivity index (χ2n) is 3.58. The van der Waals surface area contributed by atoms with E-state index in [4.69, 9.17) is 5.11 Å². The maximum atomic E-state index is 8.61. The van der Waals surface area contributed by atoms with Crippen LogP contribution >= 0.6 is 0 Å². The van der Waals surface area contributed by atoms with Crippen LogP contribution < -0.4 is 0 Å². The van der Waals surface area contributed by atoms with E-state index in [2.05, 4.69) is 21.4 Å². The lowest BCUT2D eigenvalue weighted by atomic mass is 10.3. The zero-order valence-corrected chi connectivity index (χ0v) is 9.27. The van der Waals surface area contributed by atoms with Crippen molar-refractivity contribution in [2.75, 3.05) is 6.61 Å². The minimum Gasteiger partial charge on any atom is -0.395 e. The first-order chi connectivity index (χ1) is 7.83. The number of aromatic nitrogens is 2. The topological polar surface area (TPSA) is 38.0 Å². The van der Waals surface area contributed by atoms with Gasteiger partial charge in [0.05, 0.1) is 24.1 Å². The second-order valence-corrected chi connectivity index (χ2v) is 3.58. The quantitative estimate of drug-likeness (QED) is 0.769. The maximum absolute atomic E-state index is 8.61. The van der Waals surface area contributed by atoms with E-state index in [1.807, 2.05) is 31.3 Å². The summed E-state index contributed by atoms with van der Waals surface area (Å²) >= 11 is 0. The van der Waals surface area contributed by atoms with E-state index in [-0.39, 0.29) is 6.61 Å². The molecule has 0 spiro atoms. The molecule has 0 aliphatic heterocycles. The smallest absolute Gasteiger partial charge is 0.121 e. The van der Waals surface area contributed by atoms with E-state index in [0.29, 0.717) is 12.8 Å². The lowest BCUT2D eigenvalue weighted by Gasteiger charge is -1.96. The first kappa shape index (κ1) is 10.7. The van der Waals surface area contributed by atoms with Crippen LogP contribution in [0.2, 0.25) is 0 Å². The Morgan fingerprint density at radius 2 is 2.12 bits per heavy atom. The number of hydrogen-bond donors (Lipinski definition) is 1. The van der Waals surface area contributed by atoms with Crippen molar-refractivity contribution in [2.24, 2.45) is 7.05 Å². The van der Waals surface area contributed by atoms with Crippen LogP contribution in [0.25, 0.3) is 11.0 Å². The van der Waals surface area contributed by atoms with E-state index < -0.39 is 0 Å². The van der Waals surface area contributed by atoms with Crippen molar-refractivity contribution in [3.8, 4) is 11.8 Å². The normalized spacial score (nSPS) is 10.1. The Balaban J connectivity index is 2.26. The van der Waals surface area contributed by atoms with Crippen molar-refractivity contribution in [3.63, 3.8) is 0 Å². The number of rotatable bonds is 2. The molecule has 0 radical (unpaired) electrons. The van der Waals surface area contributed by atoms with Crippen LogP contribution in [0.1, 0.15) is 12.2 Å². The van der Waals surface area contributed by atoms with Crippen LogP contribution in [0.5, 0.6) is 0 Å². The first-order valence-electron chi connectivity index (χ1n) is 5.30. The molecular weight excluding hydrogens is 200 g/mol. The van der Waals surface area contributed by atoms with Crippen LogP contribution in [-0.4, -0.2) is 21.3 Å². The Bertz CT molecular complexity index is 546. The van der Waals surface area contributed by atoms with Gasteiger partial charge < -0.3 is 9.67 Å². The van der Waals surface area contributed by atoms with E-state index in [1.165, 1.54) is 0 Å². The molecule has 0 fully saturated rings. The Kier molecular flexibility index (Phi) is 3.23. The molecule has 0 aliphatic carbocycles. The molecule has 3 heteroatoms. The molecule has 0 unspecified atom stereocenters. The maximum Gasteiger partial charge on any atom is 0.121 e. The van der Waals surface area contributed by atoms with Crippen molar-refractivity contribution in [1.29, 1.82) is 0 Å². The van der Waals surface area contributed by atoms with Gasteiger partial charge in [-0.15, -0.1) is 5.92 Å². The SMILES string of the molecule is Cn1c(CC#CCCO)nc2ccccc21. The van der Waals surface area contributed by atoms with E-state index >= 15 is 0 Å². The molecule has 3 nitrogen and oxygen atoms in total. The molecule has 2 aromatic rings. The molecule has 2 rings (SSSR count). The minimum absolute atomic E-state index is 0.121. The first-order valence-corrected chi connectivity index (χ1v) is 5.30. The fourth-order valence-electron chi connectivity index (χ4n) is 1.64. The Labute approximate surface area is 94.7 Å². The fraction of sp³-hybridized carbons (Fsp3) is 0.308. The van der Waals surface area contributed by atoms with Crippen molar-refractivity contribution in [2.45, 2.75) is 12.8 Å². The number of benzene rings is 1. The van der Waals surface area contributed by atoms with Crippen molar-refractivity contribution < 1.29 is 5.11 Å². The van der Waals surface area contributed by atoms with Crippen molar-refractivity contribution in [3.05, 3.63) is 30.1 Å². The number of para-hydroxylation sites is 2. The summed E-state index contributed by atoms with van der Waals surface area (Å²) in [6, 6.07) is 8.04. The summed E-state index contributed by atoms with van der Waals surface area (Å²) < 4.78 is 2.06. The number of aliphatic hydroxyl groups is 1. The minimum atomic E-state index is 0.121. The predicted octanol–water partition coefficient (Wildman–Crippen LogP) is 1.50. The molecule has 0 atom stereocenters. The highest BCUT2D eigenvalue weighted by atomic mass is 16.2. The van der Waals surface area contributed by atoms with Gasteiger partial charge in [-0.3, -0.25) is 0 Å². The number of aliphatic hydroxyl groups excluding tert-OH is 1. The number of fused-ring (bicyclic) bond motifs is 1. The molecule has 16 heavy (non-hydrogen) atoms. The third-order valence-corrected chi connectivity index (χ3v) is 2.49. The van der Waals surface area contributed by atoms with Crippen LogP contribution in [0, 0.1) is 11.8 Å². The third-order valence-electron chi connectivity index (χ3n) is 2.49. The molecule has 0 amide bonds. The zero-order chi connectivity index (χ0) is 11.4. The summed E-state index contributed by atoms with van der Waals surface area (Å²) in [6.07, 6.45) is 1.16. The molecule has 82 valence electrons. The van der Waals surface area contributed by atoms with Crippen LogP contribution in [0.15, 0.2) is 24.3 Å². The van der Waals surface area contributed by atoms with Gasteiger partial charge in [0, 0.05) is 13.5 Å². The van der Waals surface area contributed by atoms with E-state index in [1.54, 1.807) is 0 Å². The lowest BCUT2D eigenvalue weighted by molar-refractivity contribution is 0.305. The molecule has 1 heterocycles. The molecule has 0 bridgehead atoms. The average Bonchev–Trinajstić information content (AvgIpc) is 2.63. The van der Waals surface area contributed by atoms with Gasteiger partial charge in [-0.05, 0) is 12.1 Å². The third kappa shape index (κ3) is 2.07. The number of hydrogen-bond acceptors (Lipinski definition) is 2. The standard InChI is InChI=1S/C13H14N2O/c1-15-12-8-5-4-7-11(12)14-13(15)9-3-2-6-10-16/h4-5,7-8,16H,6,9-10H2,1H3. The van der Waals surface area contributed by atoms with Gasteiger partial charge in [-0.2, -0.15) is 0 Å². The zero-order valence-electron chi connectivity index (χ0n) is 9.27. The number of nitrogens with zero attached hydrogens (tertiary/aromatic N) is 2. The van der Waals surface area contributed by atoms with Gasteiger partial charge in [-0.1, -0.05) is 18.1 Å². The molecule has 0 saturated carbocycles. The summed E-state index contributed by atoms with van der Waals surface area (Å²) in [6.45, 7) is 0.121. The molecule has 1 N–H and O–H groups in total. The van der Waals surface area contributed by atoms with Crippen LogP contribution in [-0.2, 0) is 13.5 Å². The Morgan fingerprint density at radius 3 is 2.88 bits per heavy atom. The van der Waals surface area contributed by atoms with Gasteiger partial charge in [-0.25, -0.2) is 4.98 Å². The predicted molar refractivity (Wildman–Crippen MR) is 63.9 cm³/mol. The van der Waals surface area contributed by atoms with Crippen LogP contribution in [0.3, 0.4) is 0 Å². The average molecular weight is 214 g/mol. The van der Waals surface area contributed by atoms with Gasteiger partial charge >= 0.3 is 0 Å². The monoisotopic (exact) mass is 214 g/mol. The number of aryl methyl sites for hydroxylation is 1. The molecule has 1 aromatic heterocycles. The summed E-state index contributed by atoms with van der Waals surface area (Å²) in [5.41, 5.74) is 2.13. The molecule has 0 saturated heterocycles. The van der Waals surface area contributed by atoms with Crippen LogP contribution in [0.4, 0.5) is 0 Å². The highest BCUT2D eigenvalue weighted by Gasteiger charge is 2.04. The summed E-state index contributed by atoms with van der Waals surface area (Å²) in [7, 11) is 2.00. The largest absolute Gasteiger partial charge is 0.395 e. The highest BCUT2D eigenvalue weighted by molar-refractivity contribution is 5.75. The second kappa shape index (κ2) is 4.82. The summed E-state index contributed by atoms with van der Waals surface area (Å²) in [4.78, 5) is 4.51. The summed E-state index contributed by atoms with van der Waals surface area (Å²) in [5, 5.41) is 8.61. The molecule has 0 aliphatic rings. The van der Waals surface area contributed by atoms with E-state index in [9.17, 15) is 0 Å². The van der Waals surface area contributed by atoms with Gasteiger partial charge in [0.2, 0.25) is 0 Å². The Morgan fingerprint density at radius 1 is 1.31 bits per heavy atom. The Hall–Kier alpha value is -1.79. The number of imidazole rings is 1. The van der Waals surface area contributed by atoms with Crippen molar-refractivity contribution in [1.82, 2.24) is 9.55 Å². The van der Waals surface area contributed by atoms with Crippen molar-refractivity contribution >= 4 is 11.0 Å². The van der Waals surface area contributed by atoms with Gasteiger partial charge in [0.15, 0.2) is 0 Å². The van der Waals surface area contributed by atoms with Gasteiger partial charge in [0.25, 0.3) is 0 Å². The molecule has 1 aromatic carbocycles. The highest BCUT2D eigenvalue weighted by Crippen LogP contribution is 2.13.